The zero-order valence-corrected chi connectivity index (χ0v) is 9.49. The van der Waals surface area contributed by atoms with Gasteiger partial charge in [0, 0.05) is 12.6 Å². The molecule has 1 aromatic carbocycles. The fourth-order valence-electron chi connectivity index (χ4n) is 1.37. The second-order valence-electron chi connectivity index (χ2n) is 3.44. The summed E-state index contributed by atoms with van der Waals surface area (Å²) in [5.41, 5.74) is 0.987. The zero-order valence-electron chi connectivity index (χ0n) is 8.73. The van der Waals surface area contributed by atoms with Crippen molar-refractivity contribution in [2.45, 2.75) is 6.42 Å². The molecule has 0 aliphatic carbocycles. The van der Waals surface area contributed by atoms with E-state index in [4.69, 9.17) is 11.6 Å². The van der Waals surface area contributed by atoms with Gasteiger partial charge in [-0.2, -0.15) is 0 Å². The van der Waals surface area contributed by atoms with Crippen molar-refractivity contribution in [1.82, 2.24) is 9.97 Å². The van der Waals surface area contributed by atoms with Crippen LogP contribution in [0.3, 0.4) is 0 Å². The van der Waals surface area contributed by atoms with E-state index >= 15 is 0 Å². The lowest BCUT2D eigenvalue weighted by Crippen LogP contribution is -2.06. The number of ketones is 1. The number of hydrogen-bond donors (Lipinski definition) is 0. The monoisotopic (exact) mass is 250 g/mol. The fourth-order valence-corrected chi connectivity index (χ4v) is 1.52. The number of carbonyl (C=O) groups excluding carboxylic acids is 1. The number of halogens is 2. The molecule has 0 unspecified atom stereocenters. The highest BCUT2D eigenvalue weighted by Gasteiger charge is 2.09. The van der Waals surface area contributed by atoms with Crippen LogP contribution in [-0.2, 0) is 6.42 Å². The van der Waals surface area contributed by atoms with Gasteiger partial charge < -0.3 is 0 Å². The van der Waals surface area contributed by atoms with Crippen molar-refractivity contribution < 1.29 is 9.18 Å². The largest absolute Gasteiger partial charge is 0.292 e. The van der Waals surface area contributed by atoms with Gasteiger partial charge in [-0.05, 0) is 35.4 Å². The van der Waals surface area contributed by atoms with Gasteiger partial charge in [-0.25, -0.2) is 14.4 Å². The zero-order chi connectivity index (χ0) is 12.3. The number of hydrogen-bond acceptors (Lipinski definition) is 3. The molecule has 1 aromatic heterocycles. The van der Waals surface area contributed by atoms with E-state index in [0.717, 1.165) is 5.56 Å². The second-order valence-corrected chi connectivity index (χ2v) is 3.78. The highest BCUT2D eigenvalue weighted by atomic mass is 35.5. The third-order valence-corrected chi connectivity index (χ3v) is 2.37. The van der Waals surface area contributed by atoms with E-state index in [2.05, 4.69) is 9.97 Å². The first-order valence-electron chi connectivity index (χ1n) is 4.91. The molecule has 5 heteroatoms. The van der Waals surface area contributed by atoms with Crippen LogP contribution in [0, 0.1) is 5.82 Å². The summed E-state index contributed by atoms with van der Waals surface area (Å²) < 4.78 is 12.7. The molecule has 0 fully saturated rings. The summed E-state index contributed by atoms with van der Waals surface area (Å²) in [5, 5.41) is 0.0370. The van der Waals surface area contributed by atoms with Gasteiger partial charge in [-0.1, -0.05) is 12.1 Å². The molecule has 2 aromatic rings. The number of Topliss-reactive ketones (excluding diaryl/α,β-unsaturated/α-hetero) is 1. The third-order valence-electron chi connectivity index (χ3n) is 2.19. The van der Waals surface area contributed by atoms with Crippen LogP contribution in [0.4, 0.5) is 4.39 Å². The lowest BCUT2D eigenvalue weighted by atomic mass is 10.1. The van der Waals surface area contributed by atoms with Crippen LogP contribution in [0.15, 0.2) is 36.5 Å². The molecule has 0 bridgehead atoms. The molecule has 0 saturated carbocycles. The molecule has 0 aliphatic rings. The Balaban J connectivity index is 2.14. The lowest BCUT2D eigenvalue weighted by Gasteiger charge is -2.00. The third kappa shape index (κ3) is 3.07. The number of rotatable bonds is 3. The predicted molar refractivity (Wildman–Crippen MR) is 61.5 cm³/mol. The van der Waals surface area contributed by atoms with Gasteiger partial charge in [-0.15, -0.1) is 0 Å². The molecule has 0 aliphatic heterocycles. The molecule has 0 amide bonds. The maximum Gasteiger partial charge on any atom is 0.222 e. The van der Waals surface area contributed by atoms with E-state index in [-0.39, 0.29) is 29.0 Å². The van der Waals surface area contributed by atoms with Crippen LogP contribution in [-0.4, -0.2) is 15.8 Å². The van der Waals surface area contributed by atoms with E-state index in [9.17, 15) is 9.18 Å². The van der Waals surface area contributed by atoms with Crippen molar-refractivity contribution in [2.24, 2.45) is 0 Å². The molecule has 0 N–H and O–H groups in total. The van der Waals surface area contributed by atoms with Crippen molar-refractivity contribution in [2.75, 3.05) is 0 Å². The molecule has 0 saturated heterocycles. The van der Waals surface area contributed by atoms with E-state index in [1.165, 1.54) is 24.4 Å². The van der Waals surface area contributed by atoms with Gasteiger partial charge in [0.05, 0.1) is 0 Å². The number of carbonyl (C=O) groups is 1. The van der Waals surface area contributed by atoms with Crippen molar-refractivity contribution in [3.8, 4) is 0 Å². The summed E-state index contributed by atoms with van der Waals surface area (Å²) in [7, 11) is 0. The molecule has 1 heterocycles. The van der Waals surface area contributed by atoms with E-state index in [0.29, 0.717) is 0 Å². The Morgan fingerprint density at radius 2 is 1.94 bits per heavy atom. The SMILES string of the molecule is O=C(Cc1ccc(F)cc1)c1ccnc(Cl)n1. The molecule has 0 atom stereocenters. The van der Waals surface area contributed by atoms with Crippen molar-refractivity contribution in [3.05, 3.63) is 58.9 Å². The van der Waals surface area contributed by atoms with Crippen molar-refractivity contribution in [1.29, 1.82) is 0 Å². The van der Waals surface area contributed by atoms with E-state index < -0.39 is 0 Å². The smallest absolute Gasteiger partial charge is 0.222 e. The first-order valence-corrected chi connectivity index (χ1v) is 5.29. The summed E-state index contributed by atoms with van der Waals surface area (Å²) >= 11 is 5.59. The Hall–Kier alpha value is -1.81. The Labute approximate surface area is 102 Å². The van der Waals surface area contributed by atoms with Gasteiger partial charge in [0.25, 0.3) is 0 Å². The summed E-state index contributed by atoms with van der Waals surface area (Å²) in [6, 6.07) is 7.26. The predicted octanol–water partition coefficient (Wildman–Crippen LogP) is 2.69. The summed E-state index contributed by atoms with van der Waals surface area (Å²) in [6.07, 6.45) is 1.58. The molecule has 2 rings (SSSR count). The lowest BCUT2D eigenvalue weighted by molar-refractivity contribution is 0.0988. The summed E-state index contributed by atoms with van der Waals surface area (Å²) in [6.45, 7) is 0. The van der Waals surface area contributed by atoms with Gasteiger partial charge >= 0.3 is 0 Å². The van der Waals surface area contributed by atoms with Crippen LogP contribution < -0.4 is 0 Å². The highest BCUT2D eigenvalue weighted by Crippen LogP contribution is 2.08. The van der Waals surface area contributed by atoms with Crippen LogP contribution in [0.5, 0.6) is 0 Å². The second kappa shape index (κ2) is 5.01. The van der Waals surface area contributed by atoms with E-state index in [1.54, 1.807) is 12.1 Å². The first-order chi connectivity index (χ1) is 8.15. The van der Waals surface area contributed by atoms with Gasteiger partial charge in [0.1, 0.15) is 11.5 Å². The van der Waals surface area contributed by atoms with Crippen LogP contribution in [0.1, 0.15) is 16.1 Å². The average molecular weight is 251 g/mol. The van der Waals surface area contributed by atoms with Crippen LogP contribution in [0.25, 0.3) is 0 Å². The van der Waals surface area contributed by atoms with Crippen molar-refractivity contribution >= 4 is 17.4 Å². The topological polar surface area (TPSA) is 42.9 Å². The number of nitrogens with zero attached hydrogens (tertiary/aromatic N) is 2. The molecular weight excluding hydrogens is 243 g/mol. The Kier molecular flexibility index (Phi) is 3.44. The number of benzene rings is 1. The maximum atomic E-state index is 12.7. The molecule has 0 radical (unpaired) electrons. The Bertz CT molecular complexity index is 542. The standard InChI is InChI=1S/C12H8ClFN2O/c13-12-15-6-5-10(16-12)11(17)7-8-1-3-9(14)4-2-8/h1-6H,7H2. The van der Waals surface area contributed by atoms with Gasteiger partial charge in [0.2, 0.25) is 5.28 Å². The first kappa shape index (κ1) is 11.7. The van der Waals surface area contributed by atoms with Crippen molar-refractivity contribution in [3.63, 3.8) is 0 Å². The molecule has 3 nitrogen and oxygen atoms in total. The Morgan fingerprint density at radius 1 is 1.24 bits per heavy atom. The normalized spacial score (nSPS) is 10.2. The minimum atomic E-state index is -0.328. The summed E-state index contributed by atoms with van der Waals surface area (Å²) in [5.74, 6) is -0.507. The Morgan fingerprint density at radius 3 is 2.59 bits per heavy atom. The number of aromatic nitrogens is 2. The molecule has 0 spiro atoms. The summed E-state index contributed by atoms with van der Waals surface area (Å²) in [4.78, 5) is 19.3. The van der Waals surface area contributed by atoms with Crippen LogP contribution >= 0.6 is 11.6 Å². The minimum absolute atomic E-state index is 0.0370. The molecule has 86 valence electrons. The molecular formula is C12H8ClFN2O. The quantitative estimate of drug-likeness (QED) is 0.621. The minimum Gasteiger partial charge on any atom is -0.292 e. The molecule has 17 heavy (non-hydrogen) atoms. The van der Waals surface area contributed by atoms with Crippen LogP contribution in [0.2, 0.25) is 5.28 Å². The van der Waals surface area contributed by atoms with Gasteiger partial charge in [-0.3, -0.25) is 4.79 Å². The highest BCUT2D eigenvalue weighted by molar-refractivity contribution is 6.28. The fraction of sp³-hybridized carbons (Fsp3) is 0.0833. The van der Waals surface area contributed by atoms with Gasteiger partial charge in [0.15, 0.2) is 5.78 Å². The average Bonchev–Trinajstić information content (AvgIpc) is 2.32. The van der Waals surface area contributed by atoms with E-state index in [1.807, 2.05) is 0 Å². The maximum absolute atomic E-state index is 12.7.